The fourth-order valence-electron chi connectivity index (χ4n) is 2.76. The molecule has 1 fully saturated rings. The second-order valence-corrected chi connectivity index (χ2v) is 6.00. The van der Waals surface area contributed by atoms with Crippen LogP contribution in [0.2, 0.25) is 0 Å². The van der Waals surface area contributed by atoms with Gasteiger partial charge in [-0.2, -0.15) is 0 Å². The first-order valence-electron chi connectivity index (χ1n) is 5.89. The van der Waals surface area contributed by atoms with Crippen molar-refractivity contribution in [1.29, 1.82) is 0 Å². The third-order valence-electron chi connectivity index (χ3n) is 3.53. The number of carboxylic acids is 1. The zero-order valence-electron chi connectivity index (χ0n) is 10.4. The Balaban J connectivity index is 2.24. The summed E-state index contributed by atoms with van der Waals surface area (Å²) >= 11 is 0. The number of carbonyl (C=O) groups is 2. The van der Waals surface area contributed by atoms with Crippen molar-refractivity contribution in [3.05, 3.63) is 11.6 Å². The number of fused-ring (bicyclic) bond motifs is 2. The lowest BCUT2D eigenvalue weighted by Crippen LogP contribution is -2.42. The van der Waals surface area contributed by atoms with Gasteiger partial charge in [-0.15, -0.1) is 0 Å². The highest BCUT2D eigenvalue weighted by Gasteiger charge is 2.58. The molecule has 2 aliphatic carbocycles. The van der Waals surface area contributed by atoms with E-state index >= 15 is 0 Å². The highest BCUT2D eigenvalue weighted by molar-refractivity contribution is 5.87. The summed E-state index contributed by atoms with van der Waals surface area (Å²) in [5, 5.41) is 9.21. The molecule has 94 valence electrons. The molecule has 0 amide bonds. The minimum atomic E-state index is -0.890. The van der Waals surface area contributed by atoms with E-state index < -0.39 is 22.9 Å². The van der Waals surface area contributed by atoms with Gasteiger partial charge < -0.3 is 9.84 Å². The molecule has 2 atom stereocenters. The number of allylic oxidation sites excluding steroid dienone is 2. The smallest absolute Gasteiger partial charge is 0.314 e. The molecular formula is C13H18O4. The van der Waals surface area contributed by atoms with Crippen LogP contribution in [-0.2, 0) is 14.3 Å². The Morgan fingerprint density at radius 2 is 2.12 bits per heavy atom. The van der Waals surface area contributed by atoms with Crippen molar-refractivity contribution in [2.45, 2.75) is 45.6 Å². The topological polar surface area (TPSA) is 63.6 Å². The van der Waals surface area contributed by atoms with Gasteiger partial charge in [-0.25, -0.2) is 0 Å². The van der Waals surface area contributed by atoms with Crippen LogP contribution in [0.15, 0.2) is 11.6 Å². The fraction of sp³-hybridized carbons (Fsp3) is 0.692. The molecule has 0 heterocycles. The molecule has 1 N–H and O–H groups in total. The lowest BCUT2D eigenvalue weighted by atomic mass is 9.75. The van der Waals surface area contributed by atoms with Crippen LogP contribution in [0.5, 0.6) is 0 Å². The van der Waals surface area contributed by atoms with Gasteiger partial charge in [0.05, 0.1) is 11.3 Å². The molecule has 0 radical (unpaired) electrons. The Labute approximate surface area is 101 Å². The molecule has 2 unspecified atom stereocenters. The van der Waals surface area contributed by atoms with E-state index in [1.165, 1.54) is 0 Å². The summed E-state index contributed by atoms with van der Waals surface area (Å²) in [5.74, 6) is -1.86. The number of hydrogen-bond donors (Lipinski definition) is 1. The van der Waals surface area contributed by atoms with Gasteiger partial charge in [-0.1, -0.05) is 11.6 Å². The van der Waals surface area contributed by atoms with Gasteiger partial charge in [-0.3, -0.25) is 9.59 Å². The van der Waals surface area contributed by atoms with Crippen LogP contribution in [-0.4, -0.2) is 22.6 Å². The van der Waals surface area contributed by atoms with Gasteiger partial charge in [-0.05, 0) is 40.0 Å². The number of carbonyl (C=O) groups excluding carboxylic acids is 1. The van der Waals surface area contributed by atoms with Crippen LogP contribution in [0.3, 0.4) is 0 Å². The second-order valence-electron chi connectivity index (χ2n) is 6.00. The van der Waals surface area contributed by atoms with Crippen molar-refractivity contribution in [1.82, 2.24) is 0 Å². The molecule has 0 saturated heterocycles. The van der Waals surface area contributed by atoms with Crippen molar-refractivity contribution in [3.63, 3.8) is 0 Å². The zero-order chi connectivity index (χ0) is 12.8. The third-order valence-corrected chi connectivity index (χ3v) is 3.53. The molecule has 0 aromatic rings. The average Bonchev–Trinajstić information content (AvgIpc) is 2.72. The van der Waals surface area contributed by atoms with Crippen LogP contribution < -0.4 is 0 Å². The minimum absolute atomic E-state index is 0.360. The van der Waals surface area contributed by atoms with E-state index in [2.05, 4.69) is 0 Å². The molecule has 0 aliphatic heterocycles. The van der Waals surface area contributed by atoms with Gasteiger partial charge in [0, 0.05) is 0 Å². The monoisotopic (exact) mass is 238 g/mol. The molecular weight excluding hydrogens is 220 g/mol. The van der Waals surface area contributed by atoms with E-state index in [1.54, 1.807) is 20.8 Å². The van der Waals surface area contributed by atoms with E-state index in [9.17, 15) is 14.7 Å². The normalized spacial score (nSPS) is 31.2. The summed E-state index contributed by atoms with van der Waals surface area (Å²) in [7, 11) is 0. The molecule has 2 rings (SSSR count). The third kappa shape index (κ3) is 1.96. The number of carboxylic acid groups (broad SMARTS) is 1. The summed E-state index contributed by atoms with van der Waals surface area (Å²) in [4.78, 5) is 23.5. The summed E-state index contributed by atoms with van der Waals surface area (Å²) < 4.78 is 5.39. The summed E-state index contributed by atoms with van der Waals surface area (Å²) in [5.41, 5.74) is -0.322. The predicted octanol–water partition coefficient (Wildman–Crippen LogP) is 2.14. The second kappa shape index (κ2) is 3.59. The first kappa shape index (κ1) is 12.1. The lowest BCUT2D eigenvalue weighted by molar-refractivity contribution is -0.174. The van der Waals surface area contributed by atoms with Crippen molar-refractivity contribution in [2.24, 2.45) is 11.3 Å². The number of rotatable bonds is 2. The highest BCUT2D eigenvalue weighted by Crippen LogP contribution is 2.55. The predicted molar refractivity (Wildman–Crippen MR) is 61.3 cm³/mol. The van der Waals surface area contributed by atoms with Gasteiger partial charge in [0.15, 0.2) is 0 Å². The van der Waals surface area contributed by atoms with Gasteiger partial charge in [0.1, 0.15) is 5.60 Å². The van der Waals surface area contributed by atoms with Crippen LogP contribution in [0.1, 0.15) is 40.0 Å². The van der Waals surface area contributed by atoms with Crippen molar-refractivity contribution in [3.8, 4) is 0 Å². The molecule has 17 heavy (non-hydrogen) atoms. The maximum Gasteiger partial charge on any atom is 0.314 e. The van der Waals surface area contributed by atoms with Crippen LogP contribution in [0.25, 0.3) is 0 Å². The van der Waals surface area contributed by atoms with Crippen molar-refractivity contribution >= 4 is 11.9 Å². The largest absolute Gasteiger partial charge is 0.481 e. The zero-order valence-corrected chi connectivity index (χ0v) is 10.4. The minimum Gasteiger partial charge on any atom is -0.481 e. The van der Waals surface area contributed by atoms with Gasteiger partial charge in [0.25, 0.3) is 0 Å². The Hall–Kier alpha value is -1.32. The molecule has 0 aromatic heterocycles. The van der Waals surface area contributed by atoms with Gasteiger partial charge >= 0.3 is 11.9 Å². The quantitative estimate of drug-likeness (QED) is 0.591. The Morgan fingerprint density at radius 1 is 1.47 bits per heavy atom. The van der Waals surface area contributed by atoms with Crippen molar-refractivity contribution < 1.29 is 19.4 Å². The first-order valence-corrected chi connectivity index (χ1v) is 5.89. The number of aliphatic carboxylic acids is 1. The number of ether oxygens (including phenoxy) is 1. The Morgan fingerprint density at radius 3 is 2.59 bits per heavy atom. The fourth-order valence-corrected chi connectivity index (χ4v) is 2.76. The van der Waals surface area contributed by atoms with E-state index in [1.807, 2.05) is 6.08 Å². The van der Waals surface area contributed by atoms with Crippen LogP contribution in [0, 0.1) is 11.3 Å². The average molecular weight is 238 g/mol. The van der Waals surface area contributed by atoms with E-state index in [0.717, 1.165) is 5.57 Å². The molecule has 4 heteroatoms. The van der Waals surface area contributed by atoms with Crippen LogP contribution >= 0.6 is 0 Å². The lowest BCUT2D eigenvalue weighted by Gasteiger charge is -2.32. The molecule has 2 bridgehead atoms. The summed E-state index contributed by atoms with van der Waals surface area (Å²) in [6.07, 6.45) is 3.55. The number of hydrogen-bond acceptors (Lipinski definition) is 3. The summed E-state index contributed by atoms with van der Waals surface area (Å²) in [6.45, 7) is 5.40. The summed E-state index contributed by atoms with van der Waals surface area (Å²) in [6, 6.07) is 0. The van der Waals surface area contributed by atoms with E-state index in [0.29, 0.717) is 19.3 Å². The standard InChI is InChI=1S/C13H18O4/c1-12(2,3)17-11(16)13-5-4-8(7-13)6-9(13)10(14)15/h4,9H,5-7H2,1-3H3,(H,14,15). The van der Waals surface area contributed by atoms with Crippen LogP contribution in [0.4, 0.5) is 0 Å². The molecule has 0 spiro atoms. The maximum atomic E-state index is 12.2. The Bertz CT molecular complexity index is 402. The van der Waals surface area contributed by atoms with Crippen molar-refractivity contribution in [2.75, 3.05) is 0 Å². The molecule has 1 saturated carbocycles. The molecule has 2 aliphatic rings. The first-order chi connectivity index (χ1) is 7.74. The maximum absolute atomic E-state index is 12.2. The van der Waals surface area contributed by atoms with E-state index in [4.69, 9.17) is 4.74 Å². The van der Waals surface area contributed by atoms with E-state index in [-0.39, 0.29) is 5.97 Å². The molecule has 4 nitrogen and oxygen atoms in total. The number of esters is 1. The Kier molecular flexibility index (Phi) is 2.56. The van der Waals surface area contributed by atoms with Gasteiger partial charge in [0.2, 0.25) is 0 Å². The molecule has 0 aromatic carbocycles. The SMILES string of the molecule is CC(C)(C)OC(=O)C12CC=C(CC1C(=O)O)C2. The highest BCUT2D eigenvalue weighted by atomic mass is 16.6.